The average molecular weight is 2110 g/mol. The molecule has 0 spiro atoms. The topological polar surface area (TPSA) is 881 Å². The number of aliphatic hydroxyl groups is 5. The molecule has 0 bridgehead atoms. The minimum atomic E-state index is -2.15. The van der Waals surface area contributed by atoms with Gasteiger partial charge >= 0.3 is 17.9 Å². The highest BCUT2D eigenvalue weighted by Gasteiger charge is 2.45. The van der Waals surface area contributed by atoms with Gasteiger partial charge in [0.2, 0.25) is 118 Å². The van der Waals surface area contributed by atoms with Gasteiger partial charge in [-0.25, -0.2) is 4.79 Å². The van der Waals surface area contributed by atoms with Gasteiger partial charge in [0.25, 0.3) is 0 Å². The Morgan fingerprint density at radius 2 is 0.658 bits per heavy atom. The number of hydrogen-bond donors (Lipinski definition) is 30. The van der Waals surface area contributed by atoms with E-state index in [2.05, 4.69) is 85.1 Å². The summed E-state index contributed by atoms with van der Waals surface area (Å²) in [6.07, 6.45) is -6.99. The first-order chi connectivity index (χ1) is 69.9. The van der Waals surface area contributed by atoms with E-state index < -0.39 is 351 Å². The summed E-state index contributed by atoms with van der Waals surface area (Å²) >= 11 is 0. The summed E-state index contributed by atoms with van der Waals surface area (Å²) in [6.45, 7) is 12.5. The number of carbonyl (C=O) groups excluding carboxylic acids is 20. The van der Waals surface area contributed by atoms with E-state index in [1.807, 2.05) is 5.32 Å². The summed E-state index contributed by atoms with van der Waals surface area (Å²) in [6, 6.07) is -15.0. The molecule has 0 aromatic heterocycles. The van der Waals surface area contributed by atoms with Crippen LogP contribution in [0.2, 0.25) is 0 Å². The first-order valence-corrected chi connectivity index (χ1v) is 48.1. The molecule has 54 nitrogen and oxygen atoms in total. The second kappa shape index (κ2) is 61.4. The van der Waals surface area contributed by atoms with Crippen molar-refractivity contribution >= 4 is 136 Å². The minimum absolute atomic E-state index is 0.0285. The molecule has 1 heterocycles. The van der Waals surface area contributed by atoms with Crippen LogP contribution >= 0.6 is 0 Å². The van der Waals surface area contributed by atoms with Crippen molar-refractivity contribution in [2.75, 3.05) is 33.0 Å². The number of nitrogens with one attached hydrogen (secondary N) is 17. The van der Waals surface area contributed by atoms with Crippen LogP contribution < -0.4 is 108 Å². The zero-order valence-corrected chi connectivity index (χ0v) is 84.5. The largest absolute Gasteiger partial charge is 0.508 e. The standard InChI is InChI=1S/C95H141N21O33/c1-13-46(9)74(113-84(137)56(31-43(3)4)100-77(130)48(11)99-79(132)60(37-70(126)127)102-83(136)61(38-71(128)129)105-90(143)72(44(5)6)111-86(139)64(40-118)107-78(131)55(96)35-68(97)124)91(144)104-59(36-69(98)125)82(135)109-65(41-119)88(141)115-76(49(12)121)93(146)114-75(47(10)14-2)92(145)103-58(33-52-24-28-54(123)29-25-52)81(134)108-63(39-117)85(138)101-57(32-51-22-26-53(122)27-23-51)80(133)106-62(34-50-19-16-15-17-20-50)94(147)116-30-18-21-67(116)89(142)110-66(42-120)87(140)112-73(45(7)8)95(148)149/h15-17,19-20,22-29,43-49,55-67,72-76,117-123H,13-14,18,21,30-42,96H2,1-12H3,(H2,97,124)(H2,98,125)(H,99,132)(H,100,130)(H,101,138)(H,102,136)(H,103,145)(H,104,144)(H,105,143)(H,106,133)(H,107,131)(H,108,134)(H,109,135)(H,110,142)(H,111,139)(H,112,140)(H,113,137)(H,114,146)(H,115,141)(H,126,127)(H,128,129)(H,148,149)/t46-,47-,48-,49+,55-,56-,57-,58-,59-,60-,61-,62-,63-,64-,65-,66-,67-,72-,73-,74-,75-,76-/m0/s1. The van der Waals surface area contributed by atoms with Crippen molar-refractivity contribution in [3.8, 4) is 11.5 Å². The Morgan fingerprint density at radius 3 is 1.07 bits per heavy atom. The van der Waals surface area contributed by atoms with Crippen LogP contribution in [0.15, 0.2) is 78.9 Å². The van der Waals surface area contributed by atoms with Crippen molar-refractivity contribution < 1.29 is 161 Å². The summed E-state index contributed by atoms with van der Waals surface area (Å²) in [5.41, 5.74) is 17.3. The minimum Gasteiger partial charge on any atom is -0.508 e. The normalized spacial score (nSPS) is 16.5. The van der Waals surface area contributed by atoms with E-state index in [-0.39, 0.29) is 62.1 Å². The fourth-order valence-electron chi connectivity index (χ4n) is 15.2. The van der Waals surface area contributed by atoms with Gasteiger partial charge in [0, 0.05) is 25.8 Å². The molecule has 0 unspecified atom stereocenters. The Kier molecular flexibility index (Phi) is 52.0. The highest BCUT2D eigenvalue weighted by atomic mass is 16.4. The molecule has 149 heavy (non-hydrogen) atoms. The molecular weight excluding hydrogens is 1960 g/mol. The molecule has 3 aromatic rings. The summed E-state index contributed by atoms with van der Waals surface area (Å²) in [5, 5.41) is 142. The van der Waals surface area contributed by atoms with Crippen molar-refractivity contribution in [3.63, 3.8) is 0 Å². The Morgan fingerprint density at radius 1 is 0.342 bits per heavy atom. The van der Waals surface area contributed by atoms with E-state index in [0.29, 0.717) is 11.1 Å². The average Bonchev–Trinajstić information content (AvgIpc) is 1.70. The number of aliphatic carboxylic acids is 3. The summed E-state index contributed by atoms with van der Waals surface area (Å²) in [7, 11) is 0. The number of carbonyl (C=O) groups is 23. The molecular formula is C95H141N21O33. The molecule has 33 N–H and O–H groups in total. The van der Waals surface area contributed by atoms with Crippen LogP contribution in [0.3, 0.4) is 0 Å². The van der Waals surface area contributed by atoms with Gasteiger partial charge in [-0.15, -0.1) is 0 Å². The number of primary amides is 2. The Balaban J connectivity index is 1.57. The first kappa shape index (κ1) is 126. The van der Waals surface area contributed by atoms with E-state index in [1.54, 1.807) is 58.0 Å². The monoisotopic (exact) mass is 2100 g/mol. The lowest BCUT2D eigenvalue weighted by molar-refractivity contribution is -0.144. The number of hydrogen-bond acceptors (Lipinski definition) is 31. The Hall–Kier alpha value is -15.2. The molecule has 824 valence electrons. The van der Waals surface area contributed by atoms with Crippen molar-refractivity contribution in [1.29, 1.82) is 0 Å². The quantitative estimate of drug-likeness (QED) is 0.0249. The number of aliphatic hydroxyl groups excluding tert-OH is 5. The van der Waals surface area contributed by atoms with Gasteiger partial charge in [-0.3, -0.25) is 105 Å². The summed E-state index contributed by atoms with van der Waals surface area (Å²) < 4.78 is 0. The smallest absolute Gasteiger partial charge is 0.326 e. The second-order valence-corrected chi connectivity index (χ2v) is 37.3. The maximum Gasteiger partial charge on any atom is 0.326 e. The molecule has 4 rings (SSSR count). The number of nitrogens with zero attached hydrogens (tertiary/aromatic N) is 1. The van der Waals surface area contributed by atoms with Gasteiger partial charge in [-0.05, 0) is 104 Å². The molecule has 1 aliphatic rings. The van der Waals surface area contributed by atoms with Gasteiger partial charge < -0.3 is 164 Å². The van der Waals surface area contributed by atoms with E-state index in [9.17, 15) is 161 Å². The molecule has 3 aromatic carbocycles. The maximum absolute atomic E-state index is 15.0. The molecule has 22 atom stereocenters. The summed E-state index contributed by atoms with van der Waals surface area (Å²) in [4.78, 5) is 316. The molecule has 1 saturated heterocycles. The van der Waals surface area contributed by atoms with E-state index in [1.165, 1.54) is 90.1 Å². The lowest BCUT2D eigenvalue weighted by Crippen LogP contribution is -2.63. The molecule has 1 aliphatic heterocycles. The number of phenolic OH excluding ortho intramolecular Hbond substituents is 2. The molecule has 0 saturated carbocycles. The second-order valence-electron chi connectivity index (χ2n) is 37.3. The molecule has 0 aliphatic carbocycles. The van der Waals surface area contributed by atoms with Crippen molar-refractivity contribution in [1.82, 2.24) is 95.3 Å². The van der Waals surface area contributed by atoms with E-state index in [0.717, 1.165) is 18.7 Å². The number of carboxylic acids is 3. The van der Waals surface area contributed by atoms with Crippen LogP contribution in [0.4, 0.5) is 0 Å². The maximum atomic E-state index is 15.0. The lowest BCUT2D eigenvalue weighted by Gasteiger charge is -2.31. The fraction of sp³-hybridized carbons (Fsp3) is 0.568. The van der Waals surface area contributed by atoms with Crippen LogP contribution in [0.1, 0.15) is 158 Å². The predicted octanol–water partition coefficient (Wildman–Crippen LogP) is -9.71. The Labute approximate surface area is 856 Å². The number of phenols is 2. The van der Waals surface area contributed by atoms with Gasteiger partial charge in [0.1, 0.15) is 120 Å². The Bertz CT molecular complexity index is 5170. The van der Waals surface area contributed by atoms with Gasteiger partial charge in [0.15, 0.2) is 0 Å². The molecule has 20 amide bonds. The molecule has 54 heteroatoms. The van der Waals surface area contributed by atoms with Crippen LogP contribution in [0.5, 0.6) is 11.5 Å². The van der Waals surface area contributed by atoms with Crippen molar-refractivity contribution in [2.24, 2.45) is 46.8 Å². The molecule has 0 radical (unpaired) electrons. The number of amides is 20. The number of aromatic hydroxyl groups is 2. The van der Waals surface area contributed by atoms with Crippen LogP contribution in [0, 0.1) is 29.6 Å². The zero-order chi connectivity index (χ0) is 112. The number of carboxylic acid groups (broad SMARTS) is 3. The number of rotatable bonds is 63. The van der Waals surface area contributed by atoms with Crippen LogP contribution in [-0.2, 0) is 130 Å². The van der Waals surface area contributed by atoms with Gasteiger partial charge in [-0.2, -0.15) is 0 Å². The van der Waals surface area contributed by atoms with E-state index in [4.69, 9.17) is 17.2 Å². The number of benzene rings is 3. The van der Waals surface area contributed by atoms with Crippen LogP contribution in [-0.4, -0.2) is 346 Å². The fourth-order valence-corrected chi connectivity index (χ4v) is 15.2. The SMILES string of the molecule is CC[C@H](C)[C@H](NC(=O)[C@H](CC(C)C)NC(=O)[C@H](C)NC(=O)[C@H](CC(=O)O)NC(=O)[C@H](CC(=O)O)NC(=O)[C@@H](NC(=O)[C@H](CO)NC(=O)[C@@H](N)CC(N)=O)C(C)C)C(=O)N[C@@H](CC(N)=O)C(=O)N[C@@H](CO)C(=O)N[C@H](C(=O)N[C@H](C(=O)N[C@@H](Cc1ccc(O)cc1)C(=O)N[C@@H](CO)C(=O)N[C@@H](Cc1ccc(O)cc1)C(=O)N[C@@H](Cc1ccccc1)C(=O)N1CCC[C@H]1C(=O)N[C@@H](CO)C(=O)N[C@H](C(=O)O)C(C)C)[C@@H](C)CC)[C@@H](C)O. The highest BCUT2D eigenvalue weighted by Crippen LogP contribution is 2.24. The van der Waals surface area contributed by atoms with Gasteiger partial charge in [-0.1, -0.05) is 137 Å². The van der Waals surface area contributed by atoms with Crippen LogP contribution in [0.25, 0.3) is 0 Å². The van der Waals surface area contributed by atoms with E-state index >= 15 is 0 Å². The first-order valence-electron chi connectivity index (χ1n) is 48.1. The highest BCUT2D eigenvalue weighted by molar-refractivity contribution is 6.04. The van der Waals surface area contributed by atoms with Crippen molar-refractivity contribution in [3.05, 3.63) is 95.6 Å². The summed E-state index contributed by atoms with van der Waals surface area (Å²) in [5.74, 6) is -32.7. The van der Waals surface area contributed by atoms with Crippen molar-refractivity contribution in [2.45, 2.75) is 281 Å². The molecule has 1 fully saturated rings. The number of nitrogens with two attached hydrogens (primary N) is 3. The number of likely N-dealkylation sites (tertiary alicyclic amines) is 1. The predicted molar refractivity (Wildman–Crippen MR) is 523 cm³/mol. The zero-order valence-electron chi connectivity index (χ0n) is 84.5. The third-order valence-corrected chi connectivity index (χ3v) is 24.1. The third kappa shape index (κ3) is 41.2. The van der Waals surface area contributed by atoms with Gasteiger partial charge in [0.05, 0.1) is 64.3 Å². The third-order valence-electron chi connectivity index (χ3n) is 24.1. The lowest BCUT2D eigenvalue weighted by atomic mass is 9.96.